The molecule has 0 amide bonds. The summed E-state index contributed by atoms with van der Waals surface area (Å²) >= 11 is 0. The Morgan fingerprint density at radius 1 is 0.500 bits per heavy atom. The van der Waals surface area contributed by atoms with E-state index in [1.54, 1.807) is 0 Å². The van der Waals surface area contributed by atoms with Gasteiger partial charge < -0.3 is 0 Å². The molecule has 0 aliphatic carbocycles. The zero-order valence-corrected chi connectivity index (χ0v) is 15.8. The van der Waals surface area contributed by atoms with Gasteiger partial charge in [0.05, 0.1) is 16.7 Å². The first-order chi connectivity index (χ1) is 14.7. The van der Waals surface area contributed by atoms with Gasteiger partial charge >= 0.3 is 18.5 Å². The molecule has 0 unspecified atom stereocenters. The molecule has 170 valence electrons. The van der Waals surface area contributed by atoms with Crippen molar-refractivity contribution in [2.24, 2.45) is 0 Å². The van der Waals surface area contributed by atoms with Gasteiger partial charge in [-0.15, -0.1) is 0 Å². The lowest BCUT2D eigenvalue weighted by molar-refractivity contribution is -0.143. The smallest absolute Gasteiger partial charge is 0.246 e. The monoisotopic (exact) mass is 466 g/mol. The van der Waals surface area contributed by atoms with Gasteiger partial charge in [-0.1, -0.05) is 24.3 Å². The van der Waals surface area contributed by atoms with Crippen LogP contribution in [0.5, 0.6) is 0 Å². The predicted molar refractivity (Wildman–Crippen MR) is 97.1 cm³/mol. The van der Waals surface area contributed by atoms with Gasteiger partial charge in [0.1, 0.15) is 6.67 Å². The second-order valence-electron chi connectivity index (χ2n) is 6.88. The molecule has 3 rings (SSSR count). The molecule has 0 saturated heterocycles. The fourth-order valence-corrected chi connectivity index (χ4v) is 3.15. The first-order valence-corrected chi connectivity index (χ1v) is 8.86. The lowest BCUT2D eigenvalue weighted by Gasteiger charge is -2.16. The number of rotatable bonds is 3. The minimum atomic E-state index is -5.04. The molecule has 0 fully saturated rings. The molecule has 0 radical (unpaired) electrons. The normalized spacial score (nSPS) is 12.8. The highest BCUT2D eigenvalue weighted by atomic mass is 19.4. The van der Waals surface area contributed by atoms with Crippen molar-refractivity contribution >= 4 is 0 Å². The summed E-state index contributed by atoms with van der Waals surface area (Å²) < 4.78 is 131. The van der Waals surface area contributed by atoms with Crippen molar-refractivity contribution in [3.63, 3.8) is 0 Å². The van der Waals surface area contributed by atoms with Crippen LogP contribution in [0.3, 0.4) is 0 Å². The fraction of sp³-hybridized carbons (Fsp3) is 0.182. The van der Waals surface area contributed by atoms with E-state index < -0.39 is 47.5 Å². The van der Waals surface area contributed by atoms with Crippen molar-refractivity contribution in [2.75, 3.05) is 0 Å². The van der Waals surface area contributed by atoms with E-state index in [0.717, 1.165) is 6.07 Å². The van der Waals surface area contributed by atoms with Crippen molar-refractivity contribution in [1.82, 2.24) is 0 Å². The van der Waals surface area contributed by atoms with E-state index >= 15 is 0 Å². The Hall–Kier alpha value is -3.04. The summed E-state index contributed by atoms with van der Waals surface area (Å²) in [6.45, 7) is -1.26. The van der Waals surface area contributed by atoms with Gasteiger partial charge in [0, 0.05) is 0 Å². The van der Waals surface area contributed by atoms with Crippen molar-refractivity contribution < 1.29 is 43.9 Å². The van der Waals surface area contributed by atoms with Gasteiger partial charge in [-0.2, -0.15) is 39.5 Å². The summed E-state index contributed by atoms with van der Waals surface area (Å²) in [5, 5.41) is 0. The number of halogens is 10. The summed E-state index contributed by atoms with van der Waals surface area (Å²) in [7, 11) is 0. The quantitative estimate of drug-likeness (QED) is 0.339. The van der Waals surface area contributed by atoms with Gasteiger partial charge in [-0.3, -0.25) is 0 Å². The molecule has 0 spiro atoms. The van der Waals surface area contributed by atoms with Crippen LogP contribution >= 0.6 is 0 Å². The van der Waals surface area contributed by atoms with Crippen LogP contribution in [-0.2, 0) is 25.2 Å². The zero-order valence-electron chi connectivity index (χ0n) is 15.8. The standard InChI is InChI=1S/C22H12F10/c23-11-15-9-16(20(24,25)26)4-5-19(15)13-3-1-2-12(6-13)14-7-17(21(27,28)29)10-18(8-14)22(30,31)32/h1-10H,11H2. The molecular formula is C22H12F10. The maximum Gasteiger partial charge on any atom is 0.416 e. The van der Waals surface area contributed by atoms with Crippen LogP contribution in [0.25, 0.3) is 22.3 Å². The van der Waals surface area contributed by atoms with Gasteiger partial charge in [-0.25, -0.2) is 4.39 Å². The van der Waals surface area contributed by atoms with E-state index in [9.17, 15) is 43.9 Å². The predicted octanol–water partition coefficient (Wildman–Crippen LogP) is 8.55. The highest BCUT2D eigenvalue weighted by Crippen LogP contribution is 2.40. The summed E-state index contributed by atoms with van der Waals surface area (Å²) in [6.07, 6.45) is -14.8. The maximum atomic E-state index is 13.4. The van der Waals surface area contributed by atoms with Crippen LogP contribution in [0.2, 0.25) is 0 Å². The maximum absolute atomic E-state index is 13.4. The average molecular weight is 466 g/mol. The average Bonchev–Trinajstić information content (AvgIpc) is 2.71. The first-order valence-electron chi connectivity index (χ1n) is 8.86. The summed E-state index contributed by atoms with van der Waals surface area (Å²) in [6, 6.07) is 8.50. The summed E-state index contributed by atoms with van der Waals surface area (Å²) in [5.41, 5.74) is -4.71. The van der Waals surface area contributed by atoms with E-state index in [2.05, 4.69) is 0 Å². The Bertz CT molecular complexity index is 1090. The summed E-state index contributed by atoms with van der Waals surface area (Å²) in [4.78, 5) is 0. The molecule has 0 saturated carbocycles. The van der Waals surface area contributed by atoms with Crippen molar-refractivity contribution in [3.8, 4) is 22.3 Å². The molecule has 0 bridgehead atoms. The molecule has 0 heterocycles. The topological polar surface area (TPSA) is 0 Å². The Labute approximate surface area is 175 Å². The van der Waals surface area contributed by atoms with Crippen LogP contribution in [0, 0.1) is 0 Å². The Balaban J connectivity index is 2.15. The molecule has 3 aromatic carbocycles. The summed E-state index contributed by atoms with van der Waals surface area (Å²) in [5.74, 6) is 0. The van der Waals surface area contributed by atoms with Crippen LogP contribution in [-0.4, -0.2) is 0 Å². The molecule has 10 heteroatoms. The molecule has 3 aromatic rings. The molecule has 0 aliphatic rings. The number of alkyl halides is 10. The van der Waals surface area contributed by atoms with Crippen LogP contribution in [0.4, 0.5) is 43.9 Å². The molecule has 0 atom stereocenters. The third-order valence-corrected chi connectivity index (χ3v) is 4.67. The van der Waals surface area contributed by atoms with Crippen LogP contribution in [0.15, 0.2) is 60.7 Å². The van der Waals surface area contributed by atoms with Gasteiger partial charge in [-0.05, 0) is 64.2 Å². The Morgan fingerprint density at radius 2 is 1.03 bits per heavy atom. The zero-order chi connectivity index (χ0) is 23.9. The van der Waals surface area contributed by atoms with Crippen molar-refractivity contribution in [3.05, 3.63) is 82.9 Å². The van der Waals surface area contributed by atoms with Crippen LogP contribution in [0.1, 0.15) is 22.3 Å². The molecule has 0 N–H and O–H groups in total. The SMILES string of the molecule is FCc1cc(C(F)(F)F)ccc1-c1cccc(-c2cc(C(F)(F)F)cc(C(F)(F)F)c2)c1. The van der Waals surface area contributed by atoms with Gasteiger partial charge in [0.2, 0.25) is 0 Å². The second-order valence-corrected chi connectivity index (χ2v) is 6.88. The fourth-order valence-electron chi connectivity index (χ4n) is 3.15. The van der Waals surface area contributed by atoms with Crippen molar-refractivity contribution in [2.45, 2.75) is 25.2 Å². The number of benzene rings is 3. The lowest BCUT2D eigenvalue weighted by Crippen LogP contribution is -2.11. The van der Waals surface area contributed by atoms with E-state index in [-0.39, 0.29) is 28.3 Å². The highest BCUT2D eigenvalue weighted by Gasteiger charge is 2.37. The van der Waals surface area contributed by atoms with E-state index in [1.165, 1.54) is 24.3 Å². The molecular weight excluding hydrogens is 454 g/mol. The van der Waals surface area contributed by atoms with Crippen LogP contribution < -0.4 is 0 Å². The Morgan fingerprint density at radius 3 is 1.53 bits per heavy atom. The third-order valence-electron chi connectivity index (χ3n) is 4.67. The molecule has 0 aromatic heterocycles. The Kier molecular flexibility index (Phi) is 6.01. The first kappa shape index (κ1) is 23.6. The van der Waals surface area contributed by atoms with Crippen molar-refractivity contribution in [1.29, 1.82) is 0 Å². The van der Waals surface area contributed by atoms with E-state index in [4.69, 9.17) is 0 Å². The molecule has 0 nitrogen and oxygen atoms in total. The van der Waals surface area contributed by atoms with Gasteiger partial charge in [0.15, 0.2) is 0 Å². The largest absolute Gasteiger partial charge is 0.416 e. The minimum absolute atomic E-state index is 0.00951. The lowest BCUT2D eigenvalue weighted by atomic mass is 9.93. The second kappa shape index (κ2) is 8.14. The van der Waals surface area contributed by atoms with E-state index in [1.807, 2.05) is 0 Å². The number of hydrogen-bond acceptors (Lipinski definition) is 0. The third kappa shape index (κ3) is 5.05. The van der Waals surface area contributed by atoms with E-state index in [0.29, 0.717) is 24.3 Å². The van der Waals surface area contributed by atoms with Gasteiger partial charge in [0.25, 0.3) is 0 Å². The molecule has 32 heavy (non-hydrogen) atoms. The minimum Gasteiger partial charge on any atom is -0.246 e. The molecule has 0 aliphatic heterocycles. The number of hydrogen-bond donors (Lipinski definition) is 0. The highest BCUT2D eigenvalue weighted by molar-refractivity contribution is 5.75.